The number of methoxy groups -OCH3 is 1. The van der Waals surface area contributed by atoms with E-state index in [-0.39, 0.29) is 12.5 Å². The van der Waals surface area contributed by atoms with Crippen molar-refractivity contribution in [1.82, 2.24) is 5.32 Å². The lowest BCUT2D eigenvalue weighted by molar-refractivity contribution is -0.140. The van der Waals surface area contributed by atoms with Crippen molar-refractivity contribution < 1.29 is 14.3 Å². The Bertz CT molecular complexity index is 408. The lowest BCUT2D eigenvalue weighted by atomic mass is 10.2. The molecule has 17 heavy (non-hydrogen) atoms. The van der Waals surface area contributed by atoms with Crippen molar-refractivity contribution in [3.05, 3.63) is 34.3 Å². The van der Waals surface area contributed by atoms with Gasteiger partial charge in [-0.25, -0.2) is 0 Å². The summed E-state index contributed by atoms with van der Waals surface area (Å²) in [6.45, 7) is 0.0309. The average molecular weight is 321 g/mol. The van der Waals surface area contributed by atoms with E-state index >= 15 is 0 Å². The highest BCUT2D eigenvalue weighted by molar-refractivity contribution is 9.10. The molecule has 0 aromatic heterocycles. The van der Waals surface area contributed by atoms with E-state index in [2.05, 4.69) is 26.0 Å². The summed E-state index contributed by atoms with van der Waals surface area (Å²) in [6, 6.07) is 6.85. The smallest absolute Gasteiger partial charge is 0.325 e. The van der Waals surface area contributed by atoms with Crippen molar-refractivity contribution in [3.63, 3.8) is 0 Å². The summed E-state index contributed by atoms with van der Waals surface area (Å²) in [5.74, 6) is -0.852. The van der Waals surface area contributed by atoms with Gasteiger partial charge in [-0.15, -0.1) is 11.6 Å². The molecule has 0 aliphatic heterocycles. The second-order valence-electron chi connectivity index (χ2n) is 3.21. The van der Waals surface area contributed by atoms with Crippen LogP contribution in [0.2, 0.25) is 0 Å². The zero-order valence-corrected chi connectivity index (χ0v) is 11.4. The van der Waals surface area contributed by atoms with Crippen molar-refractivity contribution in [1.29, 1.82) is 0 Å². The van der Waals surface area contributed by atoms with Crippen LogP contribution in [0.3, 0.4) is 0 Å². The number of ether oxygens (including phenoxy) is 1. The van der Waals surface area contributed by atoms with E-state index in [1.807, 2.05) is 0 Å². The summed E-state index contributed by atoms with van der Waals surface area (Å²) in [5, 5.41) is 1.67. The molecule has 0 aliphatic carbocycles. The number of nitrogens with one attached hydrogen (secondary N) is 1. The Labute approximate surface area is 112 Å². The molecule has 1 rings (SSSR count). The monoisotopic (exact) mass is 319 g/mol. The van der Waals surface area contributed by atoms with Gasteiger partial charge in [0.25, 0.3) is 5.91 Å². The van der Waals surface area contributed by atoms with E-state index in [0.29, 0.717) is 5.56 Å². The highest BCUT2D eigenvalue weighted by atomic mass is 79.9. The molecule has 0 fully saturated rings. The Kier molecular flexibility index (Phi) is 5.44. The number of benzene rings is 1. The van der Waals surface area contributed by atoms with Crippen LogP contribution in [-0.4, -0.2) is 30.9 Å². The fourth-order valence-corrected chi connectivity index (χ4v) is 1.53. The number of carbonyl (C=O) groups excluding carboxylic acids is 2. The molecule has 92 valence electrons. The third-order valence-corrected chi connectivity index (χ3v) is 2.87. The zero-order valence-electron chi connectivity index (χ0n) is 9.07. The molecule has 1 aromatic rings. The lowest BCUT2D eigenvalue weighted by Gasteiger charge is -2.08. The van der Waals surface area contributed by atoms with Crippen LogP contribution in [-0.2, 0) is 9.53 Å². The number of rotatable bonds is 4. The maximum absolute atomic E-state index is 11.6. The fourth-order valence-electron chi connectivity index (χ4n) is 1.10. The van der Waals surface area contributed by atoms with Crippen LogP contribution in [0.5, 0.6) is 0 Å². The molecule has 0 saturated carbocycles. The van der Waals surface area contributed by atoms with Gasteiger partial charge in [0.15, 0.2) is 0 Å². The van der Waals surface area contributed by atoms with Gasteiger partial charge in [-0.3, -0.25) is 9.59 Å². The minimum atomic E-state index is -0.876. The van der Waals surface area contributed by atoms with Gasteiger partial charge in [-0.05, 0) is 24.3 Å². The maximum Gasteiger partial charge on any atom is 0.325 e. The minimum absolute atomic E-state index is 0.0309. The van der Waals surface area contributed by atoms with E-state index in [1.165, 1.54) is 7.11 Å². The third-order valence-electron chi connectivity index (χ3n) is 2.01. The van der Waals surface area contributed by atoms with Crippen molar-refractivity contribution in [2.24, 2.45) is 0 Å². The predicted octanol–water partition coefficient (Wildman–Crippen LogP) is 1.96. The summed E-state index contributed by atoms with van der Waals surface area (Å²) in [5.41, 5.74) is 0.502. The second kappa shape index (κ2) is 6.61. The fraction of sp³-hybridized carbons (Fsp3) is 0.273. The van der Waals surface area contributed by atoms with Gasteiger partial charge in [-0.1, -0.05) is 15.9 Å². The van der Waals surface area contributed by atoms with Crippen LogP contribution < -0.4 is 5.32 Å². The molecular formula is C11H11BrClNO3. The number of halogens is 2. The first-order valence-electron chi connectivity index (χ1n) is 4.80. The summed E-state index contributed by atoms with van der Waals surface area (Å²) >= 11 is 8.96. The molecule has 0 saturated heterocycles. The van der Waals surface area contributed by atoms with Crippen molar-refractivity contribution in [2.75, 3.05) is 13.7 Å². The van der Waals surface area contributed by atoms with Crippen LogP contribution in [0.4, 0.5) is 0 Å². The van der Waals surface area contributed by atoms with Crippen LogP contribution in [0.25, 0.3) is 0 Å². The summed E-state index contributed by atoms with van der Waals surface area (Å²) < 4.78 is 5.33. The van der Waals surface area contributed by atoms with Crippen LogP contribution in [0.15, 0.2) is 28.7 Å². The van der Waals surface area contributed by atoms with Crippen LogP contribution >= 0.6 is 27.5 Å². The van der Waals surface area contributed by atoms with Gasteiger partial charge < -0.3 is 10.1 Å². The molecular weight excluding hydrogens is 309 g/mol. The highest BCUT2D eigenvalue weighted by Crippen LogP contribution is 2.10. The molecule has 1 unspecified atom stereocenters. The van der Waals surface area contributed by atoms with E-state index in [4.69, 9.17) is 11.6 Å². The van der Waals surface area contributed by atoms with E-state index in [0.717, 1.165) is 4.47 Å². The number of hydrogen-bond donors (Lipinski definition) is 1. The SMILES string of the molecule is COC(=O)C(Cl)CNC(=O)c1ccc(Br)cc1. The summed E-state index contributed by atoms with van der Waals surface area (Å²) in [7, 11) is 1.24. The maximum atomic E-state index is 11.6. The number of alkyl halides is 1. The molecule has 1 aromatic carbocycles. The van der Waals surface area contributed by atoms with Gasteiger partial charge in [0.05, 0.1) is 7.11 Å². The Morgan fingerprint density at radius 3 is 2.53 bits per heavy atom. The van der Waals surface area contributed by atoms with E-state index in [1.54, 1.807) is 24.3 Å². The molecule has 0 bridgehead atoms. The molecule has 1 amide bonds. The van der Waals surface area contributed by atoms with Gasteiger partial charge >= 0.3 is 5.97 Å². The van der Waals surface area contributed by atoms with E-state index < -0.39 is 11.3 Å². The molecule has 0 heterocycles. The third kappa shape index (κ3) is 4.36. The first-order valence-corrected chi connectivity index (χ1v) is 6.03. The van der Waals surface area contributed by atoms with Gasteiger partial charge in [0, 0.05) is 16.6 Å². The van der Waals surface area contributed by atoms with Gasteiger partial charge in [-0.2, -0.15) is 0 Å². The molecule has 0 radical (unpaired) electrons. The number of carbonyl (C=O) groups is 2. The van der Waals surface area contributed by atoms with Crippen molar-refractivity contribution in [3.8, 4) is 0 Å². The van der Waals surface area contributed by atoms with Gasteiger partial charge in [0.1, 0.15) is 5.38 Å². The molecule has 1 atom stereocenters. The molecule has 0 spiro atoms. The Hall–Kier alpha value is -1.07. The van der Waals surface area contributed by atoms with Crippen molar-refractivity contribution in [2.45, 2.75) is 5.38 Å². The number of hydrogen-bond acceptors (Lipinski definition) is 3. The first kappa shape index (κ1) is 14.0. The topological polar surface area (TPSA) is 55.4 Å². The average Bonchev–Trinajstić information content (AvgIpc) is 2.35. The first-order chi connectivity index (χ1) is 8.04. The minimum Gasteiger partial charge on any atom is -0.468 e. The second-order valence-corrected chi connectivity index (χ2v) is 4.65. The Balaban J connectivity index is 2.50. The number of esters is 1. The Morgan fingerprint density at radius 1 is 1.41 bits per heavy atom. The highest BCUT2D eigenvalue weighted by Gasteiger charge is 2.16. The lowest BCUT2D eigenvalue weighted by Crippen LogP contribution is -2.34. The van der Waals surface area contributed by atoms with Gasteiger partial charge in [0.2, 0.25) is 0 Å². The molecule has 6 heteroatoms. The predicted molar refractivity (Wildman–Crippen MR) is 68.1 cm³/mol. The normalized spacial score (nSPS) is 11.7. The summed E-state index contributed by atoms with van der Waals surface area (Å²) in [4.78, 5) is 22.6. The molecule has 1 N–H and O–H groups in total. The molecule has 0 aliphatic rings. The Morgan fingerprint density at radius 2 is 2.00 bits per heavy atom. The van der Waals surface area contributed by atoms with Crippen LogP contribution in [0, 0.1) is 0 Å². The number of amides is 1. The quantitative estimate of drug-likeness (QED) is 0.681. The largest absolute Gasteiger partial charge is 0.468 e. The van der Waals surface area contributed by atoms with Crippen molar-refractivity contribution >= 4 is 39.4 Å². The summed E-state index contributed by atoms with van der Waals surface area (Å²) in [6.07, 6.45) is 0. The molecule has 4 nitrogen and oxygen atoms in total. The zero-order chi connectivity index (χ0) is 12.8. The van der Waals surface area contributed by atoms with Crippen LogP contribution in [0.1, 0.15) is 10.4 Å². The van der Waals surface area contributed by atoms with E-state index in [9.17, 15) is 9.59 Å². The standard InChI is InChI=1S/C11H11BrClNO3/c1-17-11(16)9(13)6-14-10(15)7-2-4-8(12)5-3-7/h2-5,9H,6H2,1H3,(H,14,15).